The van der Waals surface area contributed by atoms with Crippen molar-refractivity contribution in [2.24, 2.45) is 0 Å². The van der Waals surface area contributed by atoms with Crippen LogP contribution in [0.2, 0.25) is 0 Å². The number of benzene rings is 1. The lowest BCUT2D eigenvalue weighted by atomic mass is 10.1. The Morgan fingerprint density at radius 1 is 1.29 bits per heavy atom. The van der Waals surface area contributed by atoms with Crippen molar-refractivity contribution >= 4 is 17.2 Å². The minimum absolute atomic E-state index is 0.215. The molecule has 0 radical (unpaired) electrons. The van der Waals surface area contributed by atoms with E-state index in [4.69, 9.17) is 0 Å². The summed E-state index contributed by atoms with van der Waals surface area (Å²) in [5.74, 6) is 0.215. The monoisotopic (exact) mass is 301 g/mol. The van der Waals surface area contributed by atoms with E-state index in [9.17, 15) is 4.79 Å². The van der Waals surface area contributed by atoms with Crippen LogP contribution in [-0.2, 0) is 17.9 Å². The highest BCUT2D eigenvalue weighted by molar-refractivity contribution is 7.09. The van der Waals surface area contributed by atoms with E-state index in [1.165, 1.54) is 16.0 Å². The second kappa shape index (κ2) is 6.37. The lowest BCUT2D eigenvalue weighted by Crippen LogP contribution is -2.49. The molecule has 1 amide bonds. The Hall–Kier alpha value is -1.72. The normalized spacial score (nSPS) is 16.4. The van der Waals surface area contributed by atoms with Crippen molar-refractivity contribution in [2.75, 3.05) is 19.6 Å². The van der Waals surface area contributed by atoms with E-state index in [0.29, 0.717) is 6.54 Å². The van der Waals surface area contributed by atoms with Crippen LogP contribution in [0.25, 0.3) is 0 Å². The van der Waals surface area contributed by atoms with Crippen LogP contribution >= 0.6 is 11.3 Å². The number of rotatable bonds is 4. The molecule has 5 heteroatoms. The summed E-state index contributed by atoms with van der Waals surface area (Å²) in [6, 6.07) is 8.37. The molecule has 1 fully saturated rings. The standard InChI is InChI=1S/C16H19N3OS/c1-13-3-2-4-14(7-13)9-19-6-5-18(11-16(19)20)10-15-8-17-12-21-15/h2-4,7-8,12H,5-6,9-11H2,1H3. The molecule has 3 rings (SSSR count). The maximum Gasteiger partial charge on any atom is 0.237 e. The molecule has 0 aliphatic carbocycles. The van der Waals surface area contributed by atoms with E-state index in [2.05, 4.69) is 41.1 Å². The molecule has 0 N–H and O–H groups in total. The maximum absolute atomic E-state index is 12.3. The topological polar surface area (TPSA) is 36.4 Å². The molecule has 0 saturated carbocycles. The van der Waals surface area contributed by atoms with Gasteiger partial charge in [0.25, 0.3) is 0 Å². The van der Waals surface area contributed by atoms with Crippen molar-refractivity contribution in [1.82, 2.24) is 14.8 Å². The van der Waals surface area contributed by atoms with Gasteiger partial charge in [0.05, 0.1) is 12.1 Å². The Kier molecular flexibility index (Phi) is 4.31. The summed E-state index contributed by atoms with van der Waals surface area (Å²) in [5.41, 5.74) is 4.29. The molecule has 0 bridgehead atoms. The van der Waals surface area contributed by atoms with Crippen LogP contribution in [-0.4, -0.2) is 40.3 Å². The first kappa shape index (κ1) is 14.2. The van der Waals surface area contributed by atoms with Gasteiger partial charge in [-0.1, -0.05) is 29.8 Å². The average molecular weight is 301 g/mol. The number of hydrogen-bond acceptors (Lipinski definition) is 4. The van der Waals surface area contributed by atoms with Gasteiger partial charge in [-0.3, -0.25) is 14.7 Å². The highest BCUT2D eigenvalue weighted by atomic mass is 32.1. The van der Waals surface area contributed by atoms with Crippen molar-refractivity contribution in [3.8, 4) is 0 Å². The molecule has 1 aromatic carbocycles. The molecule has 0 spiro atoms. The van der Waals surface area contributed by atoms with Crippen LogP contribution in [0.5, 0.6) is 0 Å². The number of thiazole rings is 1. The molecule has 2 heterocycles. The van der Waals surface area contributed by atoms with Gasteiger partial charge in [-0.15, -0.1) is 11.3 Å². The zero-order chi connectivity index (χ0) is 14.7. The first-order chi connectivity index (χ1) is 10.2. The van der Waals surface area contributed by atoms with E-state index < -0.39 is 0 Å². The van der Waals surface area contributed by atoms with E-state index in [-0.39, 0.29) is 5.91 Å². The molecule has 0 atom stereocenters. The van der Waals surface area contributed by atoms with Crippen LogP contribution in [0, 0.1) is 6.92 Å². The predicted molar refractivity (Wildman–Crippen MR) is 84.0 cm³/mol. The van der Waals surface area contributed by atoms with Crippen LogP contribution in [0.3, 0.4) is 0 Å². The fourth-order valence-electron chi connectivity index (χ4n) is 2.63. The highest BCUT2D eigenvalue weighted by Crippen LogP contribution is 2.14. The Balaban J connectivity index is 1.57. The molecule has 2 aromatic rings. The first-order valence-corrected chi connectivity index (χ1v) is 8.02. The second-order valence-corrected chi connectivity index (χ2v) is 6.45. The predicted octanol–water partition coefficient (Wildman–Crippen LogP) is 2.30. The third-order valence-electron chi connectivity index (χ3n) is 3.72. The smallest absolute Gasteiger partial charge is 0.237 e. The zero-order valence-electron chi connectivity index (χ0n) is 12.2. The van der Waals surface area contributed by atoms with E-state index in [1.807, 2.05) is 16.6 Å². The molecule has 1 aromatic heterocycles. The largest absolute Gasteiger partial charge is 0.336 e. The fraction of sp³-hybridized carbons (Fsp3) is 0.375. The van der Waals surface area contributed by atoms with E-state index in [1.54, 1.807) is 11.3 Å². The molecule has 110 valence electrons. The van der Waals surface area contributed by atoms with Crippen LogP contribution in [0.15, 0.2) is 36.0 Å². The SMILES string of the molecule is Cc1cccc(CN2CCN(Cc3cncs3)CC2=O)c1. The summed E-state index contributed by atoms with van der Waals surface area (Å²) in [7, 11) is 0. The Bertz CT molecular complexity index is 612. The van der Waals surface area contributed by atoms with Gasteiger partial charge in [0.15, 0.2) is 0 Å². The number of aromatic nitrogens is 1. The molecular weight excluding hydrogens is 282 g/mol. The number of amides is 1. The molecule has 1 aliphatic rings. The number of carbonyl (C=O) groups excluding carboxylic acids is 1. The van der Waals surface area contributed by atoms with Gasteiger partial charge in [-0.25, -0.2) is 0 Å². The maximum atomic E-state index is 12.3. The van der Waals surface area contributed by atoms with Gasteiger partial charge in [0.2, 0.25) is 5.91 Å². The third kappa shape index (κ3) is 3.68. The summed E-state index contributed by atoms with van der Waals surface area (Å²) < 4.78 is 0. The molecule has 0 unspecified atom stereocenters. The number of hydrogen-bond donors (Lipinski definition) is 0. The quantitative estimate of drug-likeness (QED) is 0.869. The Morgan fingerprint density at radius 2 is 2.19 bits per heavy atom. The second-order valence-electron chi connectivity index (χ2n) is 5.48. The minimum atomic E-state index is 0.215. The summed E-state index contributed by atoms with van der Waals surface area (Å²) >= 11 is 1.65. The lowest BCUT2D eigenvalue weighted by Gasteiger charge is -2.34. The Morgan fingerprint density at radius 3 is 2.90 bits per heavy atom. The highest BCUT2D eigenvalue weighted by Gasteiger charge is 2.24. The molecule has 4 nitrogen and oxygen atoms in total. The molecule has 1 saturated heterocycles. The van der Waals surface area contributed by atoms with Crippen molar-refractivity contribution < 1.29 is 4.79 Å². The average Bonchev–Trinajstić information content (AvgIpc) is 2.95. The van der Waals surface area contributed by atoms with Gasteiger partial charge < -0.3 is 4.90 Å². The van der Waals surface area contributed by atoms with Crippen molar-refractivity contribution in [3.05, 3.63) is 52.0 Å². The first-order valence-electron chi connectivity index (χ1n) is 7.14. The number of carbonyl (C=O) groups is 1. The summed E-state index contributed by atoms with van der Waals surface area (Å²) in [5, 5.41) is 0. The molecule has 1 aliphatic heterocycles. The number of nitrogens with zero attached hydrogens (tertiary/aromatic N) is 3. The molecular formula is C16H19N3OS. The van der Waals surface area contributed by atoms with Crippen LogP contribution in [0.1, 0.15) is 16.0 Å². The van der Waals surface area contributed by atoms with Gasteiger partial charge in [0, 0.05) is 37.3 Å². The van der Waals surface area contributed by atoms with Crippen LogP contribution in [0.4, 0.5) is 0 Å². The van der Waals surface area contributed by atoms with Crippen molar-refractivity contribution in [3.63, 3.8) is 0 Å². The van der Waals surface area contributed by atoms with Gasteiger partial charge in [-0.2, -0.15) is 0 Å². The van der Waals surface area contributed by atoms with Crippen molar-refractivity contribution in [1.29, 1.82) is 0 Å². The summed E-state index contributed by atoms with van der Waals surface area (Å²) in [4.78, 5) is 21.7. The summed E-state index contributed by atoms with van der Waals surface area (Å²) in [6.45, 7) is 5.85. The lowest BCUT2D eigenvalue weighted by molar-refractivity contribution is -0.136. The van der Waals surface area contributed by atoms with Gasteiger partial charge >= 0.3 is 0 Å². The van der Waals surface area contributed by atoms with E-state index >= 15 is 0 Å². The van der Waals surface area contributed by atoms with Crippen LogP contribution < -0.4 is 0 Å². The zero-order valence-corrected chi connectivity index (χ0v) is 13.0. The minimum Gasteiger partial charge on any atom is -0.336 e. The van der Waals surface area contributed by atoms with Gasteiger partial charge in [-0.05, 0) is 12.5 Å². The summed E-state index contributed by atoms with van der Waals surface area (Å²) in [6.07, 6.45) is 1.88. The van der Waals surface area contributed by atoms with Gasteiger partial charge in [0.1, 0.15) is 0 Å². The number of piperazine rings is 1. The Labute approximate surface area is 129 Å². The van der Waals surface area contributed by atoms with E-state index in [0.717, 1.165) is 26.2 Å². The van der Waals surface area contributed by atoms with Crippen molar-refractivity contribution in [2.45, 2.75) is 20.0 Å². The molecule has 21 heavy (non-hydrogen) atoms. The number of aryl methyl sites for hydroxylation is 1. The fourth-order valence-corrected chi connectivity index (χ4v) is 3.27. The third-order valence-corrected chi connectivity index (χ3v) is 4.48.